The number of hydrogen-bond acceptors (Lipinski definition) is 4. The van der Waals surface area contributed by atoms with Gasteiger partial charge in [0.15, 0.2) is 0 Å². The summed E-state index contributed by atoms with van der Waals surface area (Å²) in [5.41, 5.74) is 0.829. The maximum absolute atomic E-state index is 9.62. The second-order valence-corrected chi connectivity index (χ2v) is 3.45. The molecule has 0 aliphatic carbocycles. The van der Waals surface area contributed by atoms with Gasteiger partial charge >= 0.3 is 0 Å². The van der Waals surface area contributed by atoms with E-state index >= 15 is 0 Å². The van der Waals surface area contributed by atoms with Crippen molar-refractivity contribution in [2.45, 2.75) is 6.04 Å². The highest BCUT2D eigenvalue weighted by molar-refractivity contribution is 5.85. The number of rotatable bonds is 1. The summed E-state index contributed by atoms with van der Waals surface area (Å²) in [7, 11) is 0. The SMILES string of the molecule is Cl.Oc1ccc([C@H]2CNCCN2)c(O)c1. The first-order chi connectivity index (χ1) is 6.77. The molecule has 5 heteroatoms. The number of aromatic hydroxyl groups is 2. The van der Waals surface area contributed by atoms with E-state index in [4.69, 9.17) is 5.11 Å². The van der Waals surface area contributed by atoms with Crippen molar-refractivity contribution in [1.82, 2.24) is 10.6 Å². The van der Waals surface area contributed by atoms with E-state index in [9.17, 15) is 5.11 Å². The second kappa shape index (κ2) is 5.21. The first-order valence-corrected chi connectivity index (χ1v) is 4.73. The predicted molar refractivity (Wildman–Crippen MR) is 60.6 cm³/mol. The minimum absolute atomic E-state index is 0. The van der Waals surface area contributed by atoms with Gasteiger partial charge < -0.3 is 20.8 Å². The lowest BCUT2D eigenvalue weighted by molar-refractivity contribution is 0.400. The molecule has 1 aliphatic rings. The molecule has 4 nitrogen and oxygen atoms in total. The summed E-state index contributed by atoms with van der Waals surface area (Å²) in [6.45, 7) is 2.65. The monoisotopic (exact) mass is 230 g/mol. The van der Waals surface area contributed by atoms with E-state index in [0.717, 1.165) is 25.2 Å². The van der Waals surface area contributed by atoms with E-state index in [1.807, 2.05) is 0 Å². The van der Waals surface area contributed by atoms with Crippen molar-refractivity contribution in [3.05, 3.63) is 23.8 Å². The average Bonchev–Trinajstić information content (AvgIpc) is 2.19. The standard InChI is InChI=1S/C10H14N2O2.ClH/c13-7-1-2-8(10(14)5-7)9-6-11-3-4-12-9;/h1-2,5,9,11-14H,3-4,6H2;1H/t9-;/m1./s1. The van der Waals surface area contributed by atoms with E-state index in [2.05, 4.69) is 10.6 Å². The van der Waals surface area contributed by atoms with Crippen LogP contribution in [0.5, 0.6) is 11.5 Å². The fourth-order valence-corrected chi connectivity index (χ4v) is 1.70. The first kappa shape index (κ1) is 12.1. The number of benzene rings is 1. The Morgan fingerprint density at radius 2 is 2.00 bits per heavy atom. The third-order valence-corrected chi connectivity index (χ3v) is 2.43. The quantitative estimate of drug-likeness (QED) is 0.575. The van der Waals surface area contributed by atoms with E-state index in [-0.39, 0.29) is 29.9 Å². The van der Waals surface area contributed by atoms with Crippen molar-refractivity contribution in [2.24, 2.45) is 0 Å². The molecule has 0 radical (unpaired) electrons. The predicted octanol–water partition coefficient (Wildman–Crippen LogP) is 0.753. The van der Waals surface area contributed by atoms with Crippen LogP contribution >= 0.6 is 12.4 Å². The zero-order chi connectivity index (χ0) is 9.97. The molecule has 0 saturated carbocycles. The summed E-state index contributed by atoms with van der Waals surface area (Å²) in [4.78, 5) is 0. The minimum Gasteiger partial charge on any atom is -0.508 e. The molecule has 15 heavy (non-hydrogen) atoms. The Morgan fingerprint density at radius 1 is 1.20 bits per heavy atom. The Morgan fingerprint density at radius 3 is 2.60 bits per heavy atom. The number of hydrogen-bond donors (Lipinski definition) is 4. The highest BCUT2D eigenvalue weighted by atomic mass is 35.5. The van der Waals surface area contributed by atoms with Crippen molar-refractivity contribution in [1.29, 1.82) is 0 Å². The van der Waals surface area contributed by atoms with Crippen molar-refractivity contribution in [2.75, 3.05) is 19.6 Å². The number of nitrogens with one attached hydrogen (secondary N) is 2. The zero-order valence-corrected chi connectivity index (χ0v) is 9.05. The molecular formula is C10H15ClN2O2. The molecule has 0 unspecified atom stereocenters. The number of phenols is 2. The summed E-state index contributed by atoms with van der Waals surface area (Å²) < 4.78 is 0. The summed E-state index contributed by atoms with van der Waals surface area (Å²) in [5.74, 6) is 0.237. The largest absolute Gasteiger partial charge is 0.508 e. The number of halogens is 1. The van der Waals surface area contributed by atoms with Crippen LogP contribution in [-0.4, -0.2) is 29.8 Å². The van der Waals surface area contributed by atoms with Gasteiger partial charge in [-0.25, -0.2) is 0 Å². The van der Waals surface area contributed by atoms with Crippen LogP contribution in [0.3, 0.4) is 0 Å². The number of piperazine rings is 1. The van der Waals surface area contributed by atoms with Crippen LogP contribution in [0.25, 0.3) is 0 Å². The van der Waals surface area contributed by atoms with Crippen molar-refractivity contribution >= 4 is 12.4 Å². The van der Waals surface area contributed by atoms with Gasteiger partial charge in [-0.05, 0) is 6.07 Å². The van der Waals surface area contributed by atoms with Gasteiger partial charge in [-0.1, -0.05) is 6.07 Å². The molecular weight excluding hydrogens is 216 g/mol. The Labute approximate surface area is 94.7 Å². The highest BCUT2D eigenvalue weighted by Gasteiger charge is 2.17. The van der Waals surface area contributed by atoms with Crippen LogP contribution in [0.2, 0.25) is 0 Å². The molecule has 1 aromatic carbocycles. The van der Waals surface area contributed by atoms with E-state index < -0.39 is 0 Å². The van der Waals surface area contributed by atoms with E-state index in [1.54, 1.807) is 12.1 Å². The lowest BCUT2D eigenvalue weighted by atomic mass is 10.0. The molecule has 4 N–H and O–H groups in total. The fraction of sp³-hybridized carbons (Fsp3) is 0.400. The Hall–Kier alpha value is -0.970. The maximum Gasteiger partial charge on any atom is 0.124 e. The van der Waals surface area contributed by atoms with Crippen molar-refractivity contribution < 1.29 is 10.2 Å². The molecule has 2 rings (SSSR count). The van der Waals surface area contributed by atoms with Gasteiger partial charge in [0, 0.05) is 37.3 Å². The summed E-state index contributed by atoms with van der Waals surface area (Å²) in [5, 5.41) is 25.3. The highest BCUT2D eigenvalue weighted by Crippen LogP contribution is 2.27. The second-order valence-electron chi connectivity index (χ2n) is 3.45. The number of phenolic OH excluding ortho intramolecular Hbond substituents is 2. The van der Waals surface area contributed by atoms with Crippen molar-refractivity contribution in [3.8, 4) is 11.5 Å². The van der Waals surface area contributed by atoms with Crippen LogP contribution in [0.15, 0.2) is 18.2 Å². The average molecular weight is 231 g/mol. The van der Waals surface area contributed by atoms with Gasteiger partial charge in [-0.2, -0.15) is 0 Å². The topological polar surface area (TPSA) is 64.5 Å². The Bertz CT molecular complexity index is 327. The fourth-order valence-electron chi connectivity index (χ4n) is 1.70. The van der Waals surface area contributed by atoms with E-state index in [0.29, 0.717) is 0 Å². The third kappa shape index (κ3) is 2.75. The van der Waals surface area contributed by atoms with Crippen molar-refractivity contribution in [3.63, 3.8) is 0 Å². The van der Waals surface area contributed by atoms with Crippen LogP contribution in [0.4, 0.5) is 0 Å². The van der Waals surface area contributed by atoms with Gasteiger partial charge in [-0.15, -0.1) is 12.4 Å². The molecule has 0 spiro atoms. The third-order valence-electron chi connectivity index (χ3n) is 2.43. The zero-order valence-electron chi connectivity index (χ0n) is 8.23. The summed E-state index contributed by atoms with van der Waals surface area (Å²) in [6.07, 6.45) is 0. The Kier molecular flexibility index (Phi) is 4.20. The van der Waals surface area contributed by atoms with Gasteiger partial charge in [0.2, 0.25) is 0 Å². The molecule has 1 aliphatic heterocycles. The minimum atomic E-state index is 0. The van der Waals surface area contributed by atoms with Crippen LogP contribution in [0.1, 0.15) is 11.6 Å². The van der Waals surface area contributed by atoms with Crippen LogP contribution < -0.4 is 10.6 Å². The molecule has 1 fully saturated rings. The molecule has 84 valence electrons. The van der Waals surface area contributed by atoms with Gasteiger partial charge in [0.1, 0.15) is 11.5 Å². The maximum atomic E-state index is 9.62. The van der Waals surface area contributed by atoms with Gasteiger partial charge in [-0.3, -0.25) is 0 Å². The van der Waals surface area contributed by atoms with Gasteiger partial charge in [0.05, 0.1) is 0 Å². The van der Waals surface area contributed by atoms with Crippen LogP contribution in [-0.2, 0) is 0 Å². The summed E-state index contributed by atoms with van der Waals surface area (Å²) in [6, 6.07) is 4.83. The molecule has 0 amide bonds. The molecule has 0 bridgehead atoms. The molecule has 1 saturated heterocycles. The van der Waals surface area contributed by atoms with Crippen LogP contribution in [0, 0.1) is 0 Å². The summed E-state index contributed by atoms with van der Waals surface area (Å²) >= 11 is 0. The molecule has 1 heterocycles. The normalized spacial score (nSPS) is 20.7. The molecule has 1 aromatic rings. The lowest BCUT2D eigenvalue weighted by Gasteiger charge is -2.25. The molecule has 1 atom stereocenters. The van der Waals surface area contributed by atoms with Gasteiger partial charge in [0.25, 0.3) is 0 Å². The lowest BCUT2D eigenvalue weighted by Crippen LogP contribution is -2.42. The smallest absolute Gasteiger partial charge is 0.124 e. The Balaban J connectivity index is 0.00000112. The van der Waals surface area contributed by atoms with E-state index in [1.165, 1.54) is 6.07 Å². The first-order valence-electron chi connectivity index (χ1n) is 4.73. The molecule has 0 aromatic heterocycles.